The number of ether oxygens (including phenoxy) is 1. The summed E-state index contributed by atoms with van der Waals surface area (Å²) < 4.78 is 31.2. The highest BCUT2D eigenvalue weighted by Crippen LogP contribution is 2.34. The Morgan fingerprint density at radius 1 is 0.853 bits per heavy atom. The molecule has 8 heteroatoms. The van der Waals surface area contributed by atoms with Gasteiger partial charge in [-0.15, -0.1) is 0 Å². The number of anilines is 1. The lowest BCUT2D eigenvalue weighted by Gasteiger charge is -2.19. The first-order valence-electron chi connectivity index (χ1n) is 10.9. The summed E-state index contributed by atoms with van der Waals surface area (Å²) in [7, 11) is -3.99. The second-order valence-electron chi connectivity index (χ2n) is 7.82. The van der Waals surface area contributed by atoms with E-state index >= 15 is 0 Å². The summed E-state index contributed by atoms with van der Waals surface area (Å²) in [5.74, 6) is -1.79. The fraction of sp³-hybridized carbons (Fsp3) is 0.192. The molecule has 0 bridgehead atoms. The standard InChI is InChI=1S/C26H23NO6S/c1-3-16-8-7-9-17(4-2)24(16)27-23(28)15-33-26(30)18-12-13-20-22(14-18)34(31,32)21-11-6-5-10-19(21)25(20)29/h5-14H,3-4,15H2,1-2H3,(H,27,28). The van der Waals surface area contributed by atoms with Crippen molar-refractivity contribution in [2.75, 3.05) is 11.9 Å². The lowest BCUT2D eigenvalue weighted by atomic mass is 10.0. The van der Waals surface area contributed by atoms with E-state index in [9.17, 15) is 22.8 Å². The van der Waals surface area contributed by atoms with Crippen molar-refractivity contribution in [2.45, 2.75) is 36.5 Å². The van der Waals surface area contributed by atoms with Gasteiger partial charge in [0.05, 0.1) is 15.4 Å². The zero-order valence-corrected chi connectivity index (χ0v) is 19.6. The van der Waals surface area contributed by atoms with Crippen LogP contribution in [0.4, 0.5) is 5.69 Å². The number of aryl methyl sites for hydroxylation is 2. The van der Waals surface area contributed by atoms with E-state index in [2.05, 4.69) is 5.32 Å². The van der Waals surface area contributed by atoms with Gasteiger partial charge in [-0.1, -0.05) is 44.2 Å². The van der Waals surface area contributed by atoms with Gasteiger partial charge in [-0.3, -0.25) is 9.59 Å². The maximum absolute atomic E-state index is 13.0. The van der Waals surface area contributed by atoms with Crippen LogP contribution < -0.4 is 5.32 Å². The second kappa shape index (κ2) is 9.23. The molecular formula is C26H23NO6S. The lowest BCUT2D eigenvalue weighted by Crippen LogP contribution is -2.23. The van der Waals surface area contributed by atoms with Crippen LogP contribution in [0.1, 0.15) is 51.3 Å². The highest BCUT2D eigenvalue weighted by atomic mass is 32.2. The molecule has 7 nitrogen and oxygen atoms in total. The number of esters is 1. The minimum Gasteiger partial charge on any atom is -0.452 e. The van der Waals surface area contributed by atoms with Gasteiger partial charge in [0, 0.05) is 16.8 Å². The van der Waals surface area contributed by atoms with Crippen molar-refractivity contribution in [3.8, 4) is 0 Å². The minimum absolute atomic E-state index is 0.00346. The van der Waals surface area contributed by atoms with Crippen molar-refractivity contribution in [3.05, 3.63) is 88.5 Å². The van der Waals surface area contributed by atoms with E-state index in [0.717, 1.165) is 30.0 Å². The Morgan fingerprint density at radius 2 is 1.50 bits per heavy atom. The van der Waals surface area contributed by atoms with Crippen LogP contribution in [-0.4, -0.2) is 32.7 Å². The highest BCUT2D eigenvalue weighted by Gasteiger charge is 2.35. The van der Waals surface area contributed by atoms with Gasteiger partial charge in [0.15, 0.2) is 12.4 Å². The van der Waals surface area contributed by atoms with Gasteiger partial charge in [-0.05, 0) is 54.3 Å². The summed E-state index contributed by atoms with van der Waals surface area (Å²) >= 11 is 0. The van der Waals surface area contributed by atoms with Crippen LogP contribution in [0.2, 0.25) is 0 Å². The Morgan fingerprint density at radius 3 is 2.18 bits per heavy atom. The molecule has 0 spiro atoms. The van der Waals surface area contributed by atoms with Crippen molar-refractivity contribution >= 4 is 33.2 Å². The number of hydrogen-bond acceptors (Lipinski definition) is 6. The Kier molecular flexibility index (Phi) is 6.34. The molecule has 1 N–H and O–H groups in total. The largest absolute Gasteiger partial charge is 0.452 e. The molecule has 1 aliphatic rings. The fourth-order valence-corrected chi connectivity index (χ4v) is 5.68. The van der Waals surface area contributed by atoms with Crippen LogP contribution >= 0.6 is 0 Å². The highest BCUT2D eigenvalue weighted by molar-refractivity contribution is 7.91. The molecule has 0 saturated carbocycles. The van der Waals surface area contributed by atoms with Crippen molar-refractivity contribution in [1.29, 1.82) is 0 Å². The molecule has 3 aromatic carbocycles. The van der Waals surface area contributed by atoms with Gasteiger partial charge in [-0.25, -0.2) is 13.2 Å². The first-order valence-corrected chi connectivity index (χ1v) is 12.4. The zero-order valence-electron chi connectivity index (χ0n) is 18.8. The third-order valence-electron chi connectivity index (χ3n) is 5.77. The maximum atomic E-state index is 13.0. The zero-order chi connectivity index (χ0) is 24.5. The van der Waals surface area contributed by atoms with Crippen LogP contribution in [0.5, 0.6) is 0 Å². The third kappa shape index (κ3) is 4.12. The molecule has 0 saturated heterocycles. The van der Waals surface area contributed by atoms with Crippen molar-refractivity contribution in [3.63, 3.8) is 0 Å². The smallest absolute Gasteiger partial charge is 0.338 e. The molecule has 0 atom stereocenters. The van der Waals surface area contributed by atoms with Gasteiger partial charge in [0.1, 0.15) is 0 Å². The number of benzene rings is 3. The van der Waals surface area contributed by atoms with E-state index in [0.29, 0.717) is 5.69 Å². The minimum atomic E-state index is -3.99. The van der Waals surface area contributed by atoms with Crippen molar-refractivity contribution in [2.24, 2.45) is 0 Å². The van der Waals surface area contributed by atoms with Crippen LogP contribution in [0, 0.1) is 0 Å². The summed E-state index contributed by atoms with van der Waals surface area (Å²) in [4.78, 5) is 37.4. The quantitative estimate of drug-likeness (QED) is 0.421. The predicted octanol–water partition coefficient (Wildman–Crippen LogP) is 3.98. The number of amides is 1. The average molecular weight is 478 g/mol. The van der Waals surface area contributed by atoms with Gasteiger partial charge < -0.3 is 10.1 Å². The number of rotatable bonds is 6. The number of para-hydroxylation sites is 1. The van der Waals surface area contributed by atoms with E-state index in [4.69, 9.17) is 4.74 Å². The first-order chi connectivity index (χ1) is 16.3. The van der Waals surface area contributed by atoms with Gasteiger partial charge in [0.25, 0.3) is 5.91 Å². The number of carbonyl (C=O) groups excluding carboxylic acids is 3. The third-order valence-corrected chi connectivity index (χ3v) is 7.62. The molecule has 34 heavy (non-hydrogen) atoms. The number of sulfone groups is 1. The maximum Gasteiger partial charge on any atom is 0.338 e. The molecule has 1 heterocycles. The summed E-state index contributed by atoms with van der Waals surface area (Å²) in [6.45, 7) is 3.43. The van der Waals surface area contributed by atoms with Crippen LogP contribution in [0.3, 0.4) is 0 Å². The number of nitrogens with one attached hydrogen (secondary N) is 1. The molecule has 1 amide bonds. The normalized spacial score (nSPS) is 13.5. The monoisotopic (exact) mass is 477 g/mol. The molecule has 0 aliphatic carbocycles. The average Bonchev–Trinajstić information content (AvgIpc) is 2.86. The molecule has 0 aromatic heterocycles. The predicted molar refractivity (Wildman–Crippen MR) is 126 cm³/mol. The van der Waals surface area contributed by atoms with E-state index in [-0.39, 0.29) is 26.5 Å². The summed E-state index contributed by atoms with van der Waals surface area (Å²) in [6, 6.07) is 15.5. The Labute approximate surface area is 197 Å². The molecular weight excluding hydrogens is 454 g/mol. The molecule has 1 aliphatic heterocycles. The summed E-state index contributed by atoms with van der Waals surface area (Å²) in [5, 5.41) is 2.81. The van der Waals surface area contributed by atoms with Gasteiger partial charge in [0.2, 0.25) is 9.84 Å². The lowest BCUT2D eigenvalue weighted by molar-refractivity contribution is -0.119. The molecule has 0 fully saturated rings. The van der Waals surface area contributed by atoms with E-state index in [1.807, 2.05) is 32.0 Å². The summed E-state index contributed by atoms with van der Waals surface area (Å²) in [5.41, 5.74) is 2.70. The number of hydrogen-bond donors (Lipinski definition) is 1. The van der Waals surface area contributed by atoms with Gasteiger partial charge in [-0.2, -0.15) is 0 Å². The molecule has 0 radical (unpaired) electrons. The Bertz CT molecular complexity index is 1400. The summed E-state index contributed by atoms with van der Waals surface area (Å²) in [6.07, 6.45) is 1.46. The number of carbonyl (C=O) groups is 3. The van der Waals surface area contributed by atoms with Crippen molar-refractivity contribution < 1.29 is 27.5 Å². The SMILES string of the molecule is CCc1cccc(CC)c1NC(=O)COC(=O)c1ccc2c(c1)S(=O)(=O)c1ccccc1C2=O. The Hall–Kier alpha value is -3.78. The van der Waals surface area contributed by atoms with Gasteiger partial charge >= 0.3 is 5.97 Å². The first kappa shape index (κ1) is 23.4. The molecule has 0 unspecified atom stereocenters. The van der Waals surface area contributed by atoms with Crippen LogP contribution in [-0.2, 0) is 32.2 Å². The Balaban J connectivity index is 1.52. The number of ketones is 1. The van der Waals surface area contributed by atoms with Crippen LogP contribution in [0.25, 0.3) is 0 Å². The van der Waals surface area contributed by atoms with E-state index < -0.39 is 34.1 Å². The molecule has 4 rings (SSSR count). The van der Waals surface area contributed by atoms with Crippen molar-refractivity contribution in [1.82, 2.24) is 0 Å². The second-order valence-corrected chi connectivity index (χ2v) is 9.71. The van der Waals surface area contributed by atoms with E-state index in [1.165, 1.54) is 30.3 Å². The number of fused-ring (bicyclic) bond motifs is 2. The molecule has 174 valence electrons. The van der Waals surface area contributed by atoms with E-state index in [1.54, 1.807) is 6.07 Å². The van der Waals surface area contributed by atoms with Crippen LogP contribution in [0.15, 0.2) is 70.5 Å². The molecule has 3 aromatic rings. The fourth-order valence-electron chi connectivity index (χ4n) is 4.00. The topological polar surface area (TPSA) is 107 Å².